The molecule has 0 spiro atoms. The van der Waals surface area contributed by atoms with Gasteiger partial charge in [0.1, 0.15) is 5.75 Å². The third-order valence-corrected chi connectivity index (χ3v) is 6.05. The summed E-state index contributed by atoms with van der Waals surface area (Å²) in [5.41, 5.74) is 1.06. The van der Waals surface area contributed by atoms with Crippen molar-refractivity contribution < 1.29 is 22.7 Å². The van der Waals surface area contributed by atoms with Gasteiger partial charge in [0.15, 0.2) is 0 Å². The number of nitrogens with zero attached hydrogens (tertiary/aromatic N) is 2. The first-order valence-electron chi connectivity index (χ1n) is 11.0. The van der Waals surface area contributed by atoms with Gasteiger partial charge in [-0.15, -0.1) is 0 Å². The van der Waals surface area contributed by atoms with Gasteiger partial charge in [0, 0.05) is 26.7 Å². The van der Waals surface area contributed by atoms with E-state index in [1.807, 2.05) is 31.3 Å². The number of methoxy groups -OCH3 is 1. The Bertz CT molecular complexity index is 884. The van der Waals surface area contributed by atoms with E-state index in [0.717, 1.165) is 49.9 Å². The molecule has 0 bridgehead atoms. The fraction of sp³-hybridized carbons (Fsp3) is 0.480. The zero-order valence-corrected chi connectivity index (χ0v) is 18.7. The van der Waals surface area contributed by atoms with Crippen molar-refractivity contribution in [3.63, 3.8) is 0 Å². The summed E-state index contributed by atoms with van der Waals surface area (Å²) >= 11 is 0. The second kappa shape index (κ2) is 10.9. The van der Waals surface area contributed by atoms with Crippen molar-refractivity contribution in [3.05, 3.63) is 65.2 Å². The molecule has 2 aromatic carbocycles. The van der Waals surface area contributed by atoms with Crippen LogP contribution in [0.3, 0.4) is 0 Å². The molecule has 0 saturated carbocycles. The second-order valence-corrected chi connectivity index (χ2v) is 8.56. The summed E-state index contributed by atoms with van der Waals surface area (Å²) in [5, 5.41) is 0. The maximum atomic E-state index is 12.9. The number of rotatable bonds is 8. The Kier molecular flexibility index (Phi) is 8.18. The van der Waals surface area contributed by atoms with Crippen LogP contribution in [-0.2, 0) is 23.8 Å². The predicted molar refractivity (Wildman–Crippen MR) is 119 cm³/mol. The van der Waals surface area contributed by atoms with Gasteiger partial charge in [-0.3, -0.25) is 4.79 Å². The lowest BCUT2D eigenvalue weighted by atomic mass is 9.96. The van der Waals surface area contributed by atoms with Crippen LogP contribution >= 0.6 is 0 Å². The highest BCUT2D eigenvalue weighted by Crippen LogP contribution is 2.29. The van der Waals surface area contributed by atoms with Crippen LogP contribution in [0.2, 0.25) is 0 Å². The maximum absolute atomic E-state index is 12.9. The number of carbonyl (C=O) groups is 1. The molecular formula is C25H31F3N2O2. The molecule has 0 radical (unpaired) electrons. The van der Waals surface area contributed by atoms with Crippen LogP contribution in [0.1, 0.15) is 29.5 Å². The predicted octanol–water partition coefficient (Wildman–Crippen LogP) is 4.67. The van der Waals surface area contributed by atoms with Gasteiger partial charge in [0.05, 0.1) is 19.1 Å². The minimum absolute atomic E-state index is 0.0799. The molecule has 1 fully saturated rings. The number of likely N-dealkylation sites (N-methyl/N-ethyl adjacent to an activating group) is 1. The fourth-order valence-corrected chi connectivity index (χ4v) is 4.24. The van der Waals surface area contributed by atoms with Gasteiger partial charge in [-0.25, -0.2) is 0 Å². The largest absolute Gasteiger partial charge is 0.497 e. The molecule has 1 heterocycles. The molecule has 1 unspecified atom stereocenters. The lowest BCUT2D eigenvalue weighted by molar-refractivity contribution is -0.137. The summed E-state index contributed by atoms with van der Waals surface area (Å²) in [6.07, 6.45) is -1.28. The number of ether oxygens (including phenoxy) is 1. The van der Waals surface area contributed by atoms with E-state index >= 15 is 0 Å². The summed E-state index contributed by atoms with van der Waals surface area (Å²) < 4.78 is 43.9. The van der Waals surface area contributed by atoms with E-state index in [-0.39, 0.29) is 5.91 Å². The van der Waals surface area contributed by atoms with Gasteiger partial charge in [0.25, 0.3) is 0 Å². The summed E-state index contributed by atoms with van der Waals surface area (Å²) in [4.78, 5) is 16.7. The molecule has 1 saturated heterocycles. The lowest BCUT2D eigenvalue weighted by Gasteiger charge is -2.34. The molecule has 1 aliphatic rings. The number of likely N-dealkylation sites (tertiary alicyclic amines) is 1. The Hall–Kier alpha value is -2.54. The molecule has 4 nitrogen and oxygen atoms in total. The molecule has 0 N–H and O–H groups in total. The van der Waals surface area contributed by atoms with Crippen molar-refractivity contribution in [1.82, 2.24) is 9.80 Å². The SMILES string of the molecule is COc1ccc(CC(=O)N(C)CC2CCCN(CCc3cccc(C(F)(F)F)c3)C2)cc1. The Labute approximate surface area is 188 Å². The molecule has 2 aromatic rings. The van der Waals surface area contributed by atoms with Crippen LogP contribution in [0, 0.1) is 5.92 Å². The normalized spacial score (nSPS) is 17.2. The number of halogens is 3. The number of hydrogen-bond acceptors (Lipinski definition) is 3. The maximum Gasteiger partial charge on any atom is 0.416 e. The van der Waals surface area contributed by atoms with E-state index in [9.17, 15) is 18.0 Å². The van der Waals surface area contributed by atoms with Gasteiger partial charge >= 0.3 is 6.18 Å². The van der Waals surface area contributed by atoms with E-state index in [0.29, 0.717) is 30.9 Å². The fourth-order valence-electron chi connectivity index (χ4n) is 4.24. The average Bonchev–Trinajstić information content (AvgIpc) is 2.78. The number of carbonyl (C=O) groups excluding carboxylic acids is 1. The minimum Gasteiger partial charge on any atom is -0.497 e. The van der Waals surface area contributed by atoms with Gasteiger partial charge < -0.3 is 14.5 Å². The number of alkyl halides is 3. The monoisotopic (exact) mass is 448 g/mol. The van der Waals surface area contributed by atoms with E-state index in [2.05, 4.69) is 4.90 Å². The van der Waals surface area contributed by atoms with Gasteiger partial charge in [0.2, 0.25) is 5.91 Å². The third kappa shape index (κ3) is 6.99. The van der Waals surface area contributed by atoms with Crippen molar-refractivity contribution in [1.29, 1.82) is 0 Å². The Morgan fingerprint density at radius 1 is 1.16 bits per heavy atom. The first-order chi connectivity index (χ1) is 15.2. The summed E-state index contributed by atoms with van der Waals surface area (Å²) in [6, 6.07) is 13.1. The standard InChI is InChI=1S/C25H31F3N2O2/c1-29(24(31)16-20-8-10-23(32-2)11-9-20)17-21-6-4-13-30(18-21)14-12-19-5-3-7-22(15-19)25(26,27)28/h3,5,7-11,15,21H,4,6,12-14,16-18H2,1-2H3. The average molecular weight is 449 g/mol. The molecule has 1 atom stereocenters. The molecular weight excluding hydrogens is 417 g/mol. The summed E-state index contributed by atoms with van der Waals surface area (Å²) in [6.45, 7) is 3.22. The Balaban J connectivity index is 1.47. The quantitative estimate of drug-likeness (QED) is 0.589. The topological polar surface area (TPSA) is 32.8 Å². The number of piperidine rings is 1. The molecule has 1 aliphatic heterocycles. The van der Waals surface area contributed by atoms with Crippen LogP contribution in [0.4, 0.5) is 13.2 Å². The Morgan fingerprint density at radius 3 is 2.59 bits per heavy atom. The summed E-state index contributed by atoms with van der Waals surface area (Å²) in [5.74, 6) is 1.22. The summed E-state index contributed by atoms with van der Waals surface area (Å²) in [7, 11) is 3.45. The van der Waals surface area contributed by atoms with Crippen molar-refractivity contribution in [2.24, 2.45) is 5.92 Å². The van der Waals surface area contributed by atoms with Crippen LogP contribution in [-0.4, -0.2) is 56.0 Å². The van der Waals surface area contributed by atoms with Crippen LogP contribution in [0.15, 0.2) is 48.5 Å². The van der Waals surface area contributed by atoms with Crippen molar-refractivity contribution in [3.8, 4) is 5.75 Å². The van der Waals surface area contributed by atoms with Crippen LogP contribution in [0.5, 0.6) is 5.75 Å². The zero-order valence-electron chi connectivity index (χ0n) is 18.7. The van der Waals surface area contributed by atoms with E-state index in [1.54, 1.807) is 18.1 Å². The molecule has 0 aliphatic carbocycles. The molecule has 7 heteroatoms. The van der Waals surface area contributed by atoms with Crippen molar-refractivity contribution >= 4 is 5.91 Å². The zero-order chi connectivity index (χ0) is 23.1. The molecule has 1 amide bonds. The molecule has 0 aromatic heterocycles. The lowest BCUT2D eigenvalue weighted by Crippen LogP contribution is -2.42. The third-order valence-electron chi connectivity index (χ3n) is 6.05. The van der Waals surface area contributed by atoms with Gasteiger partial charge in [-0.05, 0) is 61.1 Å². The number of hydrogen-bond donors (Lipinski definition) is 0. The highest BCUT2D eigenvalue weighted by Gasteiger charge is 2.30. The van der Waals surface area contributed by atoms with Gasteiger partial charge in [-0.2, -0.15) is 13.2 Å². The van der Waals surface area contributed by atoms with E-state index in [1.165, 1.54) is 12.1 Å². The van der Waals surface area contributed by atoms with E-state index < -0.39 is 11.7 Å². The highest BCUT2D eigenvalue weighted by atomic mass is 19.4. The molecule has 32 heavy (non-hydrogen) atoms. The van der Waals surface area contributed by atoms with Crippen LogP contribution in [0.25, 0.3) is 0 Å². The van der Waals surface area contributed by atoms with E-state index in [4.69, 9.17) is 4.74 Å². The smallest absolute Gasteiger partial charge is 0.416 e. The first-order valence-corrected chi connectivity index (χ1v) is 11.0. The number of benzene rings is 2. The molecule has 3 rings (SSSR count). The van der Waals surface area contributed by atoms with Gasteiger partial charge in [-0.1, -0.05) is 30.3 Å². The second-order valence-electron chi connectivity index (χ2n) is 8.56. The first kappa shape index (κ1) is 24.1. The van der Waals surface area contributed by atoms with Crippen molar-refractivity contribution in [2.45, 2.75) is 31.9 Å². The number of amides is 1. The molecule has 174 valence electrons. The minimum atomic E-state index is -4.31. The Morgan fingerprint density at radius 2 is 1.91 bits per heavy atom. The highest BCUT2D eigenvalue weighted by molar-refractivity contribution is 5.78. The van der Waals surface area contributed by atoms with Crippen molar-refractivity contribution in [2.75, 3.05) is 40.3 Å². The van der Waals surface area contributed by atoms with Crippen LogP contribution < -0.4 is 4.74 Å².